The molecule has 2 rings (SSSR count). The van der Waals surface area contributed by atoms with E-state index >= 15 is 0 Å². The number of nitrogens with two attached hydrogens (primary N) is 1. The summed E-state index contributed by atoms with van der Waals surface area (Å²) in [6.07, 6.45) is 5.09. The van der Waals surface area contributed by atoms with Gasteiger partial charge < -0.3 is 15.8 Å². The number of carbonyl (C=O) groups excluding carboxylic acids is 1. The Morgan fingerprint density at radius 3 is 2.79 bits per heavy atom. The van der Waals surface area contributed by atoms with Crippen molar-refractivity contribution in [1.29, 1.82) is 0 Å². The van der Waals surface area contributed by atoms with Gasteiger partial charge in [0.25, 0.3) is 0 Å². The first kappa shape index (κ1) is 9.93. The third-order valence-electron chi connectivity index (χ3n) is 3.21. The maximum Gasteiger partial charge on any atom is 0.240 e. The Labute approximate surface area is 84.2 Å². The van der Waals surface area contributed by atoms with E-state index in [9.17, 15) is 4.79 Å². The first-order valence-electron chi connectivity index (χ1n) is 5.39. The molecule has 0 aromatic heterocycles. The van der Waals surface area contributed by atoms with E-state index in [0.29, 0.717) is 6.54 Å². The Kier molecular flexibility index (Phi) is 2.74. The van der Waals surface area contributed by atoms with E-state index in [2.05, 4.69) is 5.32 Å². The average Bonchev–Trinajstić information content (AvgIpc) is 2.62. The zero-order chi connectivity index (χ0) is 10.0. The highest BCUT2D eigenvalue weighted by atomic mass is 16.5. The number of rotatable bonds is 3. The molecule has 0 spiro atoms. The first-order valence-corrected chi connectivity index (χ1v) is 5.39. The second-order valence-electron chi connectivity index (χ2n) is 4.35. The van der Waals surface area contributed by atoms with E-state index in [1.165, 1.54) is 0 Å². The lowest BCUT2D eigenvalue weighted by Gasteiger charge is -2.36. The Bertz CT molecular complexity index is 220. The Morgan fingerprint density at radius 1 is 1.50 bits per heavy atom. The highest BCUT2D eigenvalue weighted by Gasteiger charge is 2.40. The normalized spacial score (nSPS) is 29.6. The Hall–Kier alpha value is -0.610. The average molecular weight is 198 g/mol. The molecule has 1 heterocycles. The highest BCUT2D eigenvalue weighted by Crippen LogP contribution is 2.29. The van der Waals surface area contributed by atoms with Crippen LogP contribution in [0.15, 0.2) is 0 Å². The number of hydrogen-bond donors (Lipinski definition) is 2. The summed E-state index contributed by atoms with van der Waals surface area (Å²) in [5.41, 5.74) is 5.31. The van der Waals surface area contributed by atoms with Crippen LogP contribution in [0, 0.1) is 0 Å². The fraction of sp³-hybridized carbons (Fsp3) is 0.900. The molecule has 14 heavy (non-hydrogen) atoms. The van der Waals surface area contributed by atoms with Crippen LogP contribution in [-0.4, -0.2) is 30.7 Å². The molecule has 1 unspecified atom stereocenters. The van der Waals surface area contributed by atoms with Gasteiger partial charge in [-0.05, 0) is 32.1 Å². The van der Waals surface area contributed by atoms with Crippen LogP contribution in [0.1, 0.15) is 32.1 Å². The van der Waals surface area contributed by atoms with Crippen molar-refractivity contribution in [2.45, 2.75) is 43.7 Å². The minimum absolute atomic E-state index is 0.000694. The van der Waals surface area contributed by atoms with Crippen LogP contribution in [0.5, 0.6) is 0 Å². The number of amides is 1. The molecule has 0 aromatic rings. The Morgan fingerprint density at radius 2 is 2.29 bits per heavy atom. The van der Waals surface area contributed by atoms with Gasteiger partial charge in [-0.15, -0.1) is 0 Å². The van der Waals surface area contributed by atoms with Crippen LogP contribution >= 0.6 is 0 Å². The smallest absolute Gasteiger partial charge is 0.240 e. The topological polar surface area (TPSA) is 64.4 Å². The van der Waals surface area contributed by atoms with Crippen molar-refractivity contribution in [2.75, 3.05) is 13.2 Å². The molecule has 1 amide bonds. The summed E-state index contributed by atoms with van der Waals surface area (Å²) in [6, 6.07) is 0. The number of nitrogens with one attached hydrogen (secondary N) is 1. The fourth-order valence-corrected chi connectivity index (χ4v) is 1.97. The van der Waals surface area contributed by atoms with Crippen molar-refractivity contribution in [1.82, 2.24) is 5.32 Å². The van der Waals surface area contributed by atoms with Crippen molar-refractivity contribution in [2.24, 2.45) is 5.73 Å². The van der Waals surface area contributed by atoms with Crippen molar-refractivity contribution in [3.63, 3.8) is 0 Å². The predicted octanol–water partition coefficient (Wildman–Crippen LogP) is 0.163. The molecule has 1 saturated heterocycles. The number of carbonyl (C=O) groups is 1. The van der Waals surface area contributed by atoms with Gasteiger partial charge in [-0.2, -0.15) is 0 Å². The molecule has 0 bridgehead atoms. The molecule has 4 nitrogen and oxygen atoms in total. The maximum absolute atomic E-state index is 11.6. The zero-order valence-electron chi connectivity index (χ0n) is 8.42. The van der Waals surface area contributed by atoms with Gasteiger partial charge in [-0.3, -0.25) is 4.79 Å². The summed E-state index contributed by atoms with van der Waals surface area (Å²) in [6.45, 7) is 1.45. The van der Waals surface area contributed by atoms with E-state index in [-0.39, 0.29) is 12.0 Å². The van der Waals surface area contributed by atoms with Crippen LogP contribution in [0.2, 0.25) is 0 Å². The highest BCUT2D eigenvalue weighted by molar-refractivity contribution is 5.86. The second kappa shape index (κ2) is 3.87. The van der Waals surface area contributed by atoms with Gasteiger partial charge in [-0.25, -0.2) is 0 Å². The molecule has 80 valence electrons. The quantitative estimate of drug-likeness (QED) is 0.679. The number of hydrogen-bond acceptors (Lipinski definition) is 3. The van der Waals surface area contributed by atoms with Gasteiger partial charge in [0.2, 0.25) is 5.91 Å². The van der Waals surface area contributed by atoms with Crippen molar-refractivity contribution >= 4 is 5.91 Å². The molecule has 1 atom stereocenters. The summed E-state index contributed by atoms with van der Waals surface area (Å²) < 4.78 is 5.41. The van der Waals surface area contributed by atoms with Gasteiger partial charge in [0, 0.05) is 13.2 Å². The summed E-state index contributed by atoms with van der Waals surface area (Å²) in [7, 11) is 0. The second-order valence-corrected chi connectivity index (χ2v) is 4.35. The van der Waals surface area contributed by atoms with E-state index in [1.54, 1.807) is 0 Å². The van der Waals surface area contributed by atoms with E-state index < -0.39 is 5.54 Å². The van der Waals surface area contributed by atoms with Gasteiger partial charge in [0.05, 0.1) is 11.6 Å². The van der Waals surface area contributed by atoms with Crippen LogP contribution in [-0.2, 0) is 9.53 Å². The number of ether oxygens (including phenoxy) is 1. The molecule has 1 saturated carbocycles. The van der Waals surface area contributed by atoms with E-state index in [4.69, 9.17) is 10.5 Å². The molecule has 3 N–H and O–H groups in total. The van der Waals surface area contributed by atoms with Crippen LogP contribution in [0.25, 0.3) is 0 Å². The van der Waals surface area contributed by atoms with Gasteiger partial charge in [0.15, 0.2) is 0 Å². The minimum atomic E-state index is -0.571. The standard InChI is InChI=1S/C10H18N2O2/c11-10(4-2-5-10)9(13)12-7-8-3-1-6-14-8/h8H,1-7,11H2,(H,12,13). The Balaban J connectivity index is 1.71. The van der Waals surface area contributed by atoms with Gasteiger partial charge in [0.1, 0.15) is 0 Å². The zero-order valence-corrected chi connectivity index (χ0v) is 8.42. The van der Waals surface area contributed by atoms with Crippen molar-refractivity contribution < 1.29 is 9.53 Å². The van der Waals surface area contributed by atoms with Gasteiger partial charge in [-0.1, -0.05) is 0 Å². The lowest BCUT2D eigenvalue weighted by molar-refractivity contribution is -0.129. The molecular weight excluding hydrogens is 180 g/mol. The monoisotopic (exact) mass is 198 g/mol. The SMILES string of the molecule is NC1(C(=O)NCC2CCCO2)CCC1. The molecular formula is C10H18N2O2. The predicted molar refractivity (Wildman–Crippen MR) is 52.8 cm³/mol. The van der Waals surface area contributed by atoms with Crippen molar-refractivity contribution in [3.05, 3.63) is 0 Å². The largest absolute Gasteiger partial charge is 0.376 e. The maximum atomic E-state index is 11.6. The van der Waals surface area contributed by atoms with E-state index in [0.717, 1.165) is 38.7 Å². The molecule has 4 heteroatoms. The summed E-state index contributed by atoms with van der Waals surface area (Å²) >= 11 is 0. The molecule has 2 fully saturated rings. The molecule has 0 aromatic carbocycles. The molecule has 0 radical (unpaired) electrons. The van der Waals surface area contributed by atoms with Crippen LogP contribution < -0.4 is 11.1 Å². The summed E-state index contributed by atoms with van der Waals surface area (Å²) in [5.74, 6) is -0.000694. The third-order valence-corrected chi connectivity index (χ3v) is 3.21. The minimum Gasteiger partial charge on any atom is -0.376 e. The molecule has 2 aliphatic rings. The lowest BCUT2D eigenvalue weighted by Crippen LogP contribution is -2.59. The van der Waals surface area contributed by atoms with E-state index in [1.807, 2.05) is 0 Å². The lowest BCUT2D eigenvalue weighted by atomic mass is 9.77. The summed E-state index contributed by atoms with van der Waals surface area (Å²) in [4.78, 5) is 11.6. The van der Waals surface area contributed by atoms with Crippen LogP contribution in [0.4, 0.5) is 0 Å². The first-order chi connectivity index (χ1) is 6.71. The van der Waals surface area contributed by atoms with Gasteiger partial charge >= 0.3 is 0 Å². The molecule has 1 aliphatic heterocycles. The summed E-state index contributed by atoms with van der Waals surface area (Å²) in [5, 5.41) is 2.88. The third kappa shape index (κ3) is 1.91. The van der Waals surface area contributed by atoms with Crippen molar-refractivity contribution in [3.8, 4) is 0 Å². The fourth-order valence-electron chi connectivity index (χ4n) is 1.97. The van der Waals surface area contributed by atoms with Crippen LogP contribution in [0.3, 0.4) is 0 Å². The molecule has 1 aliphatic carbocycles.